The molecule has 0 aromatic heterocycles. The van der Waals surface area contributed by atoms with E-state index in [1.165, 1.54) is 0 Å². The van der Waals surface area contributed by atoms with E-state index >= 15 is 0 Å². The van der Waals surface area contributed by atoms with Gasteiger partial charge in [-0.15, -0.1) is 11.6 Å². The quantitative estimate of drug-likeness (QED) is 0.801. The van der Waals surface area contributed by atoms with Crippen molar-refractivity contribution in [3.05, 3.63) is 28.8 Å². The Labute approximate surface area is 127 Å². The molecule has 0 bridgehead atoms. The minimum Gasteiger partial charge on any atom is -0.207 e. The molecule has 0 saturated carbocycles. The number of sulfonamides is 1. The maximum Gasteiger partial charge on any atom is 0.243 e. The van der Waals surface area contributed by atoms with Crippen LogP contribution in [0.1, 0.15) is 37.0 Å². The van der Waals surface area contributed by atoms with E-state index in [0.717, 1.165) is 23.1 Å². The van der Waals surface area contributed by atoms with Gasteiger partial charge in [0.25, 0.3) is 0 Å². The molecule has 0 N–H and O–H groups in total. The number of hydrogen-bond donors (Lipinski definition) is 0. The highest BCUT2D eigenvalue weighted by atomic mass is 35.5. The number of hydrogen-bond acceptors (Lipinski definition) is 2. The molecule has 1 aromatic rings. The van der Waals surface area contributed by atoms with Gasteiger partial charge in [0.1, 0.15) is 0 Å². The standard InChI is InChI=1S/C15H22ClNO2S/c1-11-7-13(9-16)8-14(12(11)2)20(18,19)17-6-5-15(3,4)10-17/h7-8H,5-6,9-10H2,1-4H3. The largest absolute Gasteiger partial charge is 0.243 e. The Bertz CT molecular complexity index is 623. The summed E-state index contributed by atoms with van der Waals surface area (Å²) in [6.45, 7) is 9.18. The van der Waals surface area contributed by atoms with E-state index in [9.17, 15) is 8.42 Å². The second-order valence-electron chi connectivity index (χ2n) is 6.42. The Hall–Kier alpha value is -0.580. The van der Waals surface area contributed by atoms with E-state index in [2.05, 4.69) is 13.8 Å². The normalized spacial score (nSPS) is 19.4. The monoisotopic (exact) mass is 315 g/mol. The van der Waals surface area contributed by atoms with Gasteiger partial charge in [0, 0.05) is 19.0 Å². The Kier molecular flexibility index (Phi) is 4.20. The molecule has 0 aliphatic carbocycles. The van der Waals surface area contributed by atoms with Gasteiger partial charge in [-0.1, -0.05) is 19.9 Å². The van der Waals surface area contributed by atoms with Crippen molar-refractivity contribution in [2.45, 2.75) is 44.9 Å². The van der Waals surface area contributed by atoms with Crippen molar-refractivity contribution in [2.24, 2.45) is 5.41 Å². The summed E-state index contributed by atoms with van der Waals surface area (Å²) in [5.74, 6) is 0.329. The van der Waals surface area contributed by atoms with Crippen molar-refractivity contribution in [3.8, 4) is 0 Å². The number of nitrogens with zero attached hydrogens (tertiary/aromatic N) is 1. The minimum atomic E-state index is -3.42. The lowest BCUT2D eigenvalue weighted by molar-refractivity contribution is 0.375. The molecule has 1 aliphatic heterocycles. The zero-order valence-electron chi connectivity index (χ0n) is 12.5. The third kappa shape index (κ3) is 2.87. The van der Waals surface area contributed by atoms with E-state index in [1.807, 2.05) is 19.9 Å². The van der Waals surface area contributed by atoms with Crippen molar-refractivity contribution < 1.29 is 8.42 Å². The van der Waals surface area contributed by atoms with Crippen molar-refractivity contribution in [2.75, 3.05) is 13.1 Å². The van der Waals surface area contributed by atoms with Crippen LogP contribution in [0.15, 0.2) is 17.0 Å². The van der Waals surface area contributed by atoms with Crippen LogP contribution in [0.4, 0.5) is 0 Å². The summed E-state index contributed by atoms with van der Waals surface area (Å²) in [6, 6.07) is 3.67. The predicted molar refractivity (Wildman–Crippen MR) is 82.6 cm³/mol. The molecular formula is C15H22ClNO2S. The minimum absolute atomic E-state index is 0.0557. The van der Waals surface area contributed by atoms with Crippen molar-refractivity contribution in [3.63, 3.8) is 0 Å². The molecule has 112 valence electrons. The molecule has 20 heavy (non-hydrogen) atoms. The summed E-state index contributed by atoms with van der Waals surface area (Å²) in [5.41, 5.74) is 2.70. The van der Waals surface area contributed by atoms with Crippen LogP contribution in [-0.2, 0) is 15.9 Å². The summed E-state index contributed by atoms with van der Waals surface area (Å²) in [4.78, 5) is 0.408. The third-order valence-corrected chi connectivity index (χ3v) is 6.37. The molecule has 1 aromatic carbocycles. The summed E-state index contributed by atoms with van der Waals surface area (Å²) >= 11 is 5.87. The molecule has 0 unspecified atom stereocenters. The van der Waals surface area contributed by atoms with Crippen LogP contribution < -0.4 is 0 Å². The molecule has 0 amide bonds. The van der Waals surface area contributed by atoms with Gasteiger partial charge in [-0.2, -0.15) is 4.31 Å². The lowest BCUT2D eigenvalue weighted by Crippen LogP contribution is -2.31. The van der Waals surface area contributed by atoms with E-state index in [4.69, 9.17) is 11.6 Å². The zero-order chi connectivity index (χ0) is 15.1. The molecular weight excluding hydrogens is 294 g/mol. The third-order valence-electron chi connectivity index (χ3n) is 4.09. The Morgan fingerprint density at radius 1 is 1.30 bits per heavy atom. The summed E-state index contributed by atoms with van der Waals surface area (Å²) < 4.78 is 27.3. The fraction of sp³-hybridized carbons (Fsp3) is 0.600. The second kappa shape index (κ2) is 5.32. The van der Waals surface area contributed by atoms with Crippen LogP contribution in [0.5, 0.6) is 0 Å². The number of aryl methyl sites for hydroxylation is 1. The first kappa shape index (κ1) is 15.8. The first-order valence-electron chi connectivity index (χ1n) is 6.84. The summed E-state index contributed by atoms with van der Waals surface area (Å²) in [6.07, 6.45) is 0.902. The first-order valence-corrected chi connectivity index (χ1v) is 8.81. The van der Waals surface area contributed by atoms with Crippen LogP contribution in [0, 0.1) is 19.3 Å². The lowest BCUT2D eigenvalue weighted by atomic mass is 9.93. The van der Waals surface area contributed by atoms with Gasteiger partial charge in [0.2, 0.25) is 10.0 Å². The molecule has 0 spiro atoms. The van der Waals surface area contributed by atoms with E-state index < -0.39 is 10.0 Å². The maximum atomic E-state index is 12.8. The number of halogens is 1. The Balaban J connectivity index is 2.47. The van der Waals surface area contributed by atoms with Gasteiger partial charge in [-0.25, -0.2) is 8.42 Å². The van der Waals surface area contributed by atoms with Gasteiger partial charge in [-0.05, 0) is 48.4 Å². The van der Waals surface area contributed by atoms with Gasteiger partial charge in [-0.3, -0.25) is 0 Å². The fourth-order valence-electron chi connectivity index (χ4n) is 2.65. The van der Waals surface area contributed by atoms with Crippen LogP contribution >= 0.6 is 11.6 Å². The van der Waals surface area contributed by atoms with Crippen LogP contribution in [0.2, 0.25) is 0 Å². The van der Waals surface area contributed by atoms with Gasteiger partial charge in [0.15, 0.2) is 0 Å². The molecule has 1 aliphatic rings. The average Bonchev–Trinajstić information content (AvgIpc) is 2.73. The molecule has 1 heterocycles. The van der Waals surface area contributed by atoms with Crippen molar-refractivity contribution in [1.29, 1.82) is 0 Å². The lowest BCUT2D eigenvalue weighted by Gasteiger charge is -2.21. The zero-order valence-corrected chi connectivity index (χ0v) is 14.1. The molecule has 1 fully saturated rings. The molecule has 2 rings (SSSR count). The topological polar surface area (TPSA) is 37.4 Å². The number of alkyl halides is 1. The van der Waals surface area contributed by atoms with E-state index in [1.54, 1.807) is 10.4 Å². The summed E-state index contributed by atoms with van der Waals surface area (Å²) in [7, 11) is -3.42. The molecule has 5 heteroatoms. The number of rotatable bonds is 3. The van der Waals surface area contributed by atoms with Gasteiger partial charge < -0.3 is 0 Å². The average molecular weight is 316 g/mol. The fourth-order valence-corrected chi connectivity index (χ4v) is 4.78. The van der Waals surface area contributed by atoms with Crippen LogP contribution in [0.25, 0.3) is 0 Å². The van der Waals surface area contributed by atoms with Crippen molar-refractivity contribution >= 4 is 21.6 Å². The smallest absolute Gasteiger partial charge is 0.207 e. The maximum absolute atomic E-state index is 12.8. The highest BCUT2D eigenvalue weighted by Crippen LogP contribution is 2.34. The van der Waals surface area contributed by atoms with Gasteiger partial charge >= 0.3 is 0 Å². The first-order chi connectivity index (χ1) is 9.17. The Morgan fingerprint density at radius 3 is 2.45 bits per heavy atom. The van der Waals surface area contributed by atoms with Crippen LogP contribution in [0.3, 0.4) is 0 Å². The predicted octanol–water partition coefficient (Wildman–Crippen LogP) is 3.46. The number of benzene rings is 1. The molecule has 0 atom stereocenters. The Morgan fingerprint density at radius 2 is 1.95 bits per heavy atom. The second-order valence-corrected chi connectivity index (χ2v) is 8.60. The SMILES string of the molecule is Cc1cc(CCl)cc(S(=O)(=O)N2CCC(C)(C)C2)c1C. The van der Waals surface area contributed by atoms with Gasteiger partial charge in [0.05, 0.1) is 4.90 Å². The molecule has 0 radical (unpaired) electrons. The van der Waals surface area contributed by atoms with Crippen molar-refractivity contribution in [1.82, 2.24) is 4.31 Å². The van der Waals surface area contributed by atoms with E-state index in [-0.39, 0.29) is 5.41 Å². The highest BCUT2D eigenvalue weighted by molar-refractivity contribution is 7.89. The highest BCUT2D eigenvalue weighted by Gasteiger charge is 2.37. The molecule has 3 nitrogen and oxygen atoms in total. The summed E-state index contributed by atoms with van der Waals surface area (Å²) in [5, 5.41) is 0. The van der Waals surface area contributed by atoms with E-state index in [0.29, 0.717) is 23.9 Å². The van der Waals surface area contributed by atoms with Crippen LogP contribution in [-0.4, -0.2) is 25.8 Å². The molecule has 1 saturated heterocycles.